The standard InChI is InChI=1S/C23H26Cl2N2O4/c1-2-10-27(14-22(28)26-21-13-17(24)8-9-20(21)25)23(29)16-5-3-6-18(12-16)31-15-19-7-4-11-30-19/h3,5-6,8-9,12-13,19H,2,4,7,10-11,14-15H2,1H3,(H,26,28). The van der Waals surface area contributed by atoms with Gasteiger partial charge in [-0.1, -0.05) is 36.2 Å². The third-order valence-corrected chi connectivity index (χ3v) is 5.42. The summed E-state index contributed by atoms with van der Waals surface area (Å²) in [6.45, 7) is 3.51. The molecule has 31 heavy (non-hydrogen) atoms. The van der Waals surface area contributed by atoms with Gasteiger partial charge in [-0.25, -0.2) is 0 Å². The van der Waals surface area contributed by atoms with Gasteiger partial charge in [-0.2, -0.15) is 0 Å². The first-order valence-electron chi connectivity index (χ1n) is 10.3. The fourth-order valence-corrected chi connectivity index (χ4v) is 3.68. The van der Waals surface area contributed by atoms with Crippen molar-refractivity contribution in [1.82, 2.24) is 4.90 Å². The van der Waals surface area contributed by atoms with E-state index in [-0.39, 0.29) is 24.5 Å². The zero-order valence-corrected chi connectivity index (χ0v) is 18.9. The van der Waals surface area contributed by atoms with Crippen molar-refractivity contribution in [3.05, 3.63) is 58.1 Å². The SMILES string of the molecule is CCCN(CC(=O)Nc1cc(Cl)ccc1Cl)C(=O)c1cccc(OCC2CCCO2)c1. The number of nitrogens with one attached hydrogen (secondary N) is 1. The summed E-state index contributed by atoms with van der Waals surface area (Å²) in [5, 5.41) is 3.56. The Labute approximate surface area is 192 Å². The van der Waals surface area contributed by atoms with Crippen LogP contribution in [0.4, 0.5) is 5.69 Å². The summed E-state index contributed by atoms with van der Waals surface area (Å²) in [5.41, 5.74) is 0.875. The van der Waals surface area contributed by atoms with Crippen LogP contribution >= 0.6 is 23.2 Å². The third kappa shape index (κ3) is 6.86. The molecular weight excluding hydrogens is 439 g/mol. The number of benzene rings is 2. The first-order valence-corrected chi connectivity index (χ1v) is 11.1. The van der Waals surface area contributed by atoms with Crippen LogP contribution in [0.3, 0.4) is 0 Å². The van der Waals surface area contributed by atoms with Crippen LogP contribution in [-0.2, 0) is 9.53 Å². The molecule has 1 aliphatic rings. The van der Waals surface area contributed by atoms with Crippen LogP contribution in [0, 0.1) is 0 Å². The van der Waals surface area contributed by atoms with Gasteiger partial charge in [0.2, 0.25) is 5.91 Å². The minimum Gasteiger partial charge on any atom is -0.491 e. The molecule has 2 aromatic rings. The number of carbonyl (C=O) groups is 2. The molecule has 1 N–H and O–H groups in total. The van der Waals surface area contributed by atoms with Gasteiger partial charge in [0.25, 0.3) is 5.91 Å². The first kappa shape index (κ1) is 23.4. The van der Waals surface area contributed by atoms with Gasteiger partial charge in [0.05, 0.1) is 16.8 Å². The lowest BCUT2D eigenvalue weighted by Gasteiger charge is -2.22. The van der Waals surface area contributed by atoms with E-state index in [0.29, 0.717) is 46.6 Å². The molecule has 1 unspecified atom stereocenters. The van der Waals surface area contributed by atoms with Crippen LogP contribution < -0.4 is 10.1 Å². The number of rotatable bonds is 9. The van der Waals surface area contributed by atoms with Crippen molar-refractivity contribution in [2.75, 3.05) is 31.6 Å². The molecule has 166 valence electrons. The maximum atomic E-state index is 13.1. The van der Waals surface area contributed by atoms with Crippen LogP contribution in [0.25, 0.3) is 0 Å². The Morgan fingerprint density at radius 2 is 2.06 bits per heavy atom. The molecular formula is C23H26Cl2N2O4. The molecule has 2 aromatic carbocycles. The summed E-state index contributed by atoms with van der Waals surface area (Å²) in [4.78, 5) is 27.1. The number of nitrogens with zero attached hydrogens (tertiary/aromatic N) is 1. The van der Waals surface area contributed by atoms with E-state index in [1.165, 1.54) is 4.90 Å². The van der Waals surface area contributed by atoms with E-state index in [2.05, 4.69) is 5.32 Å². The van der Waals surface area contributed by atoms with Crippen molar-refractivity contribution >= 4 is 40.7 Å². The largest absolute Gasteiger partial charge is 0.491 e. The summed E-state index contributed by atoms with van der Waals surface area (Å²) < 4.78 is 11.4. The van der Waals surface area contributed by atoms with E-state index in [1.807, 2.05) is 13.0 Å². The summed E-state index contributed by atoms with van der Waals surface area (Å²) in [7, 11) is 0. The molecule has 8 heteroatoms. The highest BCUT2D eigenvalue weighted by molar-refractivity contribution is 6.35. The molecule has 1 atom stereocenters. The highest BCUT2D eigenvalue weighted by Gasteiger charge is 2.20. The molecule has 0 aliphatic carbocycles. The third-order valence-electron chi connectivity index (χ3n) is 4.86. The van der Waals surface area contributed by atoms with E-state index in [4.69, 9.17) is 32.7 Å². The second-order valence-electron chi connectivity index (χ2n) is 7.37. The number of halogens is 2. The van der Waals surface area contributed by atoms with Gasteiger partial charge in [0.15, 0.2) is 0 Å². The first-order chi connectivity index (χ1) is 15.0. The molecule has 6 nitrogen and oxygen atoms in total. The van der Waals surface area contributed by atoms with E-state index < -0.39 is 0 Å². The summed E-state index contributed by atoms with van der Waals surface area (Å²) in [6.07, 6.45) is 2.83. The second-order valence-corrected chi connectivity index (χ2v) is 8.22. The fraction of sp³-hybridized carbons (Fsp3) is 0.391. The molecule has 1 heterocycles. The van der Waals surface area contributed by atoms with Gasteiger partial charge in [-0.15, -0.1) is 0 Å². The van der Waals surface area contributed by atoms with Crippen LogP contribution in [0.5, 0.6) is 5.75 Å². The Balaban J connectivity index is 1.64. The normalized spacial score (nSPS) is 15.5. The number of hydrogen-bond acceptors (Lipinski definition) is 4. The lowest BCUT2D eigenvalue weighted by Crippen LogP contribution is -2.38. The second kappa shape index (κ2) is 11.4. The number of ether oxygens (including phenoxy) is 2. The summed E-state index contributed by atoms with van der Waals surface area (Å²) >= 11 is 12.1. The summed E-state index contributed by atoms with van der Waals surface area (Å²) in [5.74, 6) is 0.0153. The maximum Gasteiger partial charge on any atom is 0.254 e. The van der Waals surface area contributed by atoms with Crippen LogP contribution in [0.15, 0.2) is 42.5 Å². The van der Waals surface area contributed by atoms with Gasteiger partial charge in [-0.3, -0.25) is 9.59 Å². The Bertz CT molecular complexity index is 916. The molecule has 0 aromatic heterocycles. The Hall–Kier alpha value is -2.28. The predicted molar refractivity (Wildman–Crippen MR) is 122 cm³/mol. The highest BCUT2D eigenvalue weighted by Crippen LogP contribution is 2.25. The molecule has 0 radical (unpaired) electrons. The van der Waals surface area contributed by atoms with Crippen molar-refractivity contribution in [2.45, 2.75) is 32.3 Å². The van der Waals surface area contributed by atoms with Crippen molar-refractivity contribution < 1.29 is 19.1 Å². The van der Waals surface area contributed by atoms with E-state index in [0.717, 1.165) is 19.4 Å². The number of anilines is 1. The monoisotopic (exact) mass is 464 g/mol. The van der Waals surface area contributed by atoms with Crippen LogP contribution in [0.2, 0.25) is 10.0 Å². The minimum atomic E-state index is -0.350. The average Bonchev–Trinajstić information content (AvgIpc) is 3.28. The van der Waals surface area contributed by atoms with Crippen molar-refractivity contribution in [2.24, 2.45) is 0 Å². The van der Waals surface area contributed by atoms with Crippen molar-refractivity contribution in [3.8, 4) is 5.75 Å². The van der Waals surface area contributed by atoms with Crippen molar-refractivity contribution in [1.29, 1.82) is 0 Å². The van der Waals surface area contributed by atoms with E-state index >= 15 is 0 Å². The predicted octanol–water partition coefficient (Wildman–Crippen LogP) is 5.04. The minimum absolute atomic E-state index is 0.0953. The number of carbonyl (C=O) groups excluding carboxylic acids is 2. The zero-order chi connectivity index (χ0) is 22.2. The van der Waals surface area contributed by atoms with Gasteiger partial charge in [-0.05, 0) is 55.7 Å². The van der Waals surface area contributed by atoms with Gasteiger partial charge in [0, 0.05) is 23.7 Å². The lowest BCUT2D eigenvalue weighted by atomic mass is 10.1. The zero-order valence-electron chi connectivity index (χ0n) is 17.4. The van der Waals surface area contributed by atoms with Gasteiger partial charge in [0.1, 0.15) is 18.9 Å². The molecule has 1 fully saturated rings. The molecule has 0 saturated carbocycles. The van der Waals surface area contributed by atoms with Gasteiger partial charge >= 0.3 is 0 Å². The lowest BCUT2D eigenvalue weighted by molar-refractivity contribution is -0.116. The smallest absolute Gasteiger partial charge is 0.254 e. The molecule has 3 rings (SSSR count). The number of amides is 2. The molecule has 0 bridgehead atoms. The molecule has 1 saturated heterocycles. The fourth-order valence-electron chi connectivity index (χ4n) is 3.35. The Morgan fingerprint density at radius 3 is 2.81 bits per heavy atom. The van der Waals surface area contributed by atoms with Crippen molar-refractivity contribution in [3.63, 3.8) is 0 Å². The van der Waals surface area contributed by atoms with Crippen LogP contribution in [-0.4, -0.2) is 49.1 Å². The van der Waals surface area contributed by atoms with Gasteiger partial charge < -0.3 is 19.7 Å². The quantitative estimate of drug-likeness (QED) is 0.564. The summed E-state index contributed by atoms with van der Waals surface area (Å²) in [6, 6.07) is 11.8. The highest BCUT2D eigenvalue weighted by atomic mass is 35.5. The average molecular weight is 465 g/mol. The number of hydrogen-bond donors (Lipinski definition) is 1. The topological polar surface area (TPSA) is 67.9 Å². The maximum absolute atomic E-state index is 13.1. The molecule has 2 amide bonds. The van der Waals surface area contributed by atoms with E-state index in [1.54, 1.807) is 36.4 Å². The Morgan fingerprint density at radius 1 is 1.23 bits per heavy atom. The Kier molecular flexibility index (Phi) is 8.58. The van der Waals surface area contributed by atoms with Crippen LogP contribution in [0.1, 0.15) is 36.5 Å². The molecule has 1 aliphatic heterocycles. The van der Waals surface area contributed by atoms with E-state index in [9.17, 15) is 9.59 Å². The molecule has 0 spiro atoms.